The standard InChI is InChI=1S/C8H12O10P2S/c9-7-1-3-8(4-2-7)21(15,16)6-5-17-20(13,14)18-19(10,11)12/h1-4,9H,5-6H2,(H,13,14)(H2,10,11,12). The normalized spacial score (nSPS) is 15.6. The average Bonchev–Trinajstić information content (AvgIpc) is 2.25. The molecule has 0 saturated heterocycles. The Kier molecular flexibility index (Phi) is 5.70. The van der Waals surface area contributed by atoms with Crippen molar-refractivity contribution in [1.29, 1.82) is 0 Å². The van der Waals surface area contributed by atoms with Gasteiger partial charge >= 0.3 is 15.6 Å². The Balaban J connectivity index is 2.65. The van der Waals surface area contributed by atoms with Crippen LogP contribution in [0.25, 0.3) is 0 Å². The maximum absolute atomic E-state index is 11.8. The van der Waals surface area contributed by atoms with E-state index in [0.29, 0.717) is 0 Å². The number of phenols is 1. The van der Waals surface area contributed by atoms with Crippen LogP contribution < -0.4 is 0 Å². The van der Waals surface area contributed by atoms with E-state index in [1.54, 1.807) is 0 Å². The Morgan fingerprint density at radius 1 is 1.05 bits per heavy atom. The van der Waals surface area contributed by atoms with E-state index in [-0.39, 0.29) is 10.6 Å². The zero-order valence-electron chi connectivity index (χ0n) is 10.3. The summed E-state index contributed by atoms with van der Waals surface area (Å²) >= 11 is 0. The fourth-order valence-corrected chi connectivity index (χ4v) is 3.99. The fraction of sp³-hybridized carbons (Fsp3) is 0.250. The smallest absolute Gasteiger partial charge is 0.481 e. The topological polar surface area (TPSA) is 168 Å². The van der Waals surface area contributed by atoms with E-state index in [2.05, 4.69) is 8.83 Å². The molecular formula is C8H12O10P2S. The summed E-state index contributed by atoms with van der Waals surface area (Å²) in [7, 11) is -14.2. The number of rotatable bonds is 7. The van der Waals surface area contributed by atoms with Gasteiger partial charge in [-0.05, 0) is 24.3 Å². The summed E-state index contributed by atoms with van der Waals surface area (Å²) in [6, 6.07) is 4.52. The van der Waals surface area contributed by atoms with E-state index in [4.69, 9.17) is 19.8 Å². The molecule has 0 bridgehead atoms. The number of benzene rings is 1. The molecule has 0 amide bonds. The van der Waals surface area contributed by atoms with Crippen molar-refractivity contribution in [1.82, 2.24) is 0 Å². The highest BCUT2D eigenvalue weighted by molar-refractivity contribution is 7.91. The van der Waals surface area contributed by atoms with Crippen LogP contribution in [-0.4, -0.2) is 40.6 Å². The first-order valence-corrected chi connectivity index (χ1v) is 9.85. The summed E-state index contributed by atoms with van der Waals surface area (Å²) in [4.78, 5) is 25.5. The van der Waals surface area contributed by atoms with Crippen molar-refractivity contribution in [2.75, 3.05) is 12.4 Å². The molecule has 10 nitrogen and oxygen atoms in total. The van der Waals surface area contributed by atoms with E-state index >= 15 is 0 Å². The van der Waals surface area contributed by atoms with Crippen LogP contribution in [0.15, 0.2) is 29.2 Å². The summed E-state index contributed by atoms with van der Waals surface area (Å²) in [6.07, 6.45) is 0. The molecule has 1 rings (SSSR count). The highest BCUT2D eigenvalue weighted by atomic mass is 32.2. The predicted octanol–water partition coefficient (Wildman–Crippen LogP) is 0.392. The van der Waals surface area contributed by atoms with E-state index in [0.717, 1.165) is 24.3 Å². The molecule has 13 heteroatoms. The molecule has 1 aromatic carbocycles. The zero-order valence-corrected chi connectivity index (χ0v) is 12.9. The van der Waals surface area contributed by atoms with Gasteiger partial charge in [0.1, 0.15) is 5.75 Å². The minimum Gasteiger partial charge on any atom is -0.508 e. The van der Waals surface area contributed by atoms with Gasteiger partial charge in [-0.15, -0.1) is 0 Å². The molecule has 21 heavy (non-hydrogen) atoms. The van der Waals surface area contributed by atoms with Gasteiger partial charge in [0.2, 0.25) is 0 Å². The number of hydrogen-bond donors (Lipinski definition) is 4. The lowest BCUT2D eigenvalue weighted by Gasteiger charge is -2.12. The van der Waals surface area contributed by atoms with E-state index in [1.165, 1.54) is 0 Å². The largest absolute Gasteiger partial charge is 0.508 e. The maximum atomic E-state index is 11.8. The van der Waals surface area contributed by atoms with Crippen LogP contribution in [0.1, 0.15) is 0 Å². The van der Waals surface area contributed by atoms with Gasteiger partial charge in [0, 0.05) is 0 Å². The minimum absolute atomic E-state index is 0.139. The Bertz CT molecular complexity index is 676. The molecule has 0 heterocycles. The molecule has 0 aromatic heterocycles. The lowest BCUT2D eigenvalue weighted by atomic mass is 10.3. The molecule has 4 N–H and O–H groups in total. The van der Waals surface area contributed by atoms with Crippen LogP contribution in [0.5, 0.6) is 5.75 Å². The molecule has 0 fully saturated rings. The van der Waals surface area contributed by atoms with Gasteiger partial charge in [-0.25, -0.2) is 17.5 Å². The third-order valence-corrected chi connectivity index (χ3v) is 5.89. The van der Waals surface area contributed by atoms with Gasteiger partial charge in [0.25, 0.3) is 0 Å². The lowest BCUT2D eigenvalue weighted by molar-refractivity contribution is 0.185. The van der Waals surface area contributed by atoms with Crippen LogP contribution in [0, 0.1) is 0 Å². The van der Waals surface area contributed by atoms with Crippen molar-refractivity contribution in [3.8, 4) is 5.75 Å². The third kappa shape index (κ3) is 6.68. The minimum atomic E-state index is -5.25. The number of hydrogen-bond acceptors (Lipinski definition) is 7. The summed E-state index contributed by atoms with van der Waals surface area (Å²) < 4.78 is 52.7. The number of phosphoric ester groups is 1. The first-order chi connectivity index (χ1) is 9.41. The third-order valence-electron chi connectivity index (χ3n) is 2.01. The van der Waals surface area contributed by atoms with Crippen molar-refractivity contribution >= 4 is 25.5 Å². The summed E-state index contributed by atoms with van der Waals surface area (Å²) in [6.45, 7) is -0.822. The van der Waals surface area contributed by atoms with Gasteiger partial charge in [0.05, 0.1) is 17.3 Å². The molecule has 0 radical (unpaired) electrons. The van der Waals surface area contributed by atoms with Crippen molar-refractivity contribution in [3.05, 3.63) is 24.3 Å². The van der Waals surface area contributed by atoms with Crippen molar-refractivity contribution in [3.63, 3.8) is 0 Å². The second-order valence-corrected chi connectivity index (χ2v) is 8.63. The summed E-state index contributed by atoms with van der Waals surface area (Å²) in [5.41, 5.74) is 0. The first kappa shape index (κ1) is 18.3. The van der Waals surface area contributed by atoms with E-state index < -0.39 is 37.8 Å². The fourth-order valence-electron chi connectivity index (χ4n) is 1.19. The Morgan fingerprint density at radius 2 is 1.57 bits per heavy atom. The molecule has 120 valence electrons. The zero-order chi connectivity index (χ0) is 16.3. The molecule has 0 aliphatic rings. The molecular weight excluding hydrogens is 350 g/mol. The van der Waals surface area contributed by atoms with Crippen molar-refractivity contribution in [2.45, 2.75) is 4.90 Å². The van der Waals surface area contributed by atoms with Crippen molar-refractivity contribution in [2.24, 2.45) is 0 Å². The van der Waals surface area contributed by atoms with E-state index in [1.807, 2.05) is 0 Å². The van der Waals surface area contributed by atoms with Crippen LogP contribution >= 0.6 is 15.6 Å². The summed E-state index contributed by atoms with van der Waals surface area (Å²) in [5.74, 6) is -0.868. The van der Waals surface area contributed by atoms with Crippen molar-refractivity contribution < 1.29 is 46.2 Å². The highest BCUT2D eigenvalue weighted by Crippen LogP contribution is 2.57. The van der Waals surface area contributed by atoms with Crippen LogP contribution in [-0.2, 0) is 27.8 Å². The van der Waals surface area contributed by atoms with Gasteiger partial charge in [0.15, 0.2) is 9.84 Å². The van der Waals surface area contributed by atoms with Gasteiger partial charge in [-0.1, -0.05) is 0 Å². The van der Waals surface area contributed by atoms with Crippen LogP contribution in [0.4, 0.5) is 0 Å². The van der Waals surface area contributed by atoms with Crippen LogP contribution in [0.3, 0.4) is 0 Å². The number of phenolic OH excluding ortho intramolecular Hbond substituents is 1. The second kappa shape index (κ2) is 6.55. The van der Waals surface area contributed by atoms with Gasteiger partial charge in [-0.3, -0.25) is 4.52 Å². The van der Waals surface area contributed by atoms with E-state index in [9.17, 15) is 17.5 Å². The van der Waals surface area contributed by atoms with Crippen LogP contribution in [0.2, 0.25) is 0 Å². The molecule has 1 aromatic rings. The predicted molar refractivity (Wildman–Crippen MR) is 69.1 cm³/mol. The number of aromatic hydroxyl groups is 1. The molecule has 0 spiro atoms. The molecule has 0 saturated carbocycles. The Labute approximate surface area is 119 Å². The number of phosphoric acid groups is 2. The molecule has 1 unspecified atom stereocenters. The van der Waals surface area contributed by atoms with Gasteiger partial charge in [-0.2, -0.15) is 4.31 Å². The Hall–Kier alpha value is -0.770. The average molecular weight is 362 g/mol. The molecule has 0 aliphatic heterocycles. The second-order valence-electron chi connectivity index (χ2n) is 3.69. The van der Waals surface area contributed by atoms with Gasteiger partial charge < -0.3 is 19.8 Å². The molecule has 1 atom stereocenters. The maximum Gasteiger partial charge on any atom is 0.481 e. The highest BCUT2D eigenvalue weighted by Gasteiger charge is 2.32. The number of sulfone groups is 1. The first-order valence-electron chi connectivity index (χ1n) is 5.17. The Morgan fingerprint density at radius 3 is 2.05 bits per heavy atom. The quantitative estimate of drug-likeness (QED) is 0.498. The summed E-state index contributed by atoms with van der Waals surface area (Å²) in [5, 5.41) is 9.03. The molecule has 0 aliphatic carbocycles. The lowest BCUT2D eigenvalue weighted by Crippen LogP contribution is -2.12. The SMILES string of the molecule is O=P(O)(O)OP(=O)(O)OCCS(=O)(=O)c1ccc(O)cc1. The monoisotopic (exact) mass is 362 g/mol.